The van der Waals surface area contributed by atoms with Crippen LogP contribution in [-0.2, 0) is 0 Å². The Morgan fingerprint density at radius 1 is 1.12 bits per heavy atom. The first kappa shape index (κ1) is 15.8. The Labute approximate surface area is 139 Å². The molecule has 1 aromatic heterocycles. The number of aryl methyl sites for hydroxylation is 2. The van der Waals surface area contributed by atoms with E-state index < -0.39 is 0 Å². The lowest BCUT2D eigenvalue weighted by atomic mass is 10.1. The molecular weight excluding hydrogens is 305 g/mol. The van der Waals surface area contributed by atoms with Crippen molar-refractivity contribution in [3.8, 4) is 0 Å². The van der Waals surface area contributed by atoms with Gasteiger partial charge in [-0.2, -0.15) is 5.10 Å². The lowest BCUT2D eigenvalue weighted by Crippen LogP contribution is -2.18. The lowest BCUT2D eigenvalue weighted by Gasteiger charge is -2.07. The second kappa shape index (κ2) is 6.58. The van der Waals surface area contributed by atoms with Crippen LogP contribution in [0.25, 0.3) is 10.9 Å². The predicted molar refractivity (Wildman–Crippen MR) is 92.7 cm³/mol. The van der Waals surface area contributed by atoms with E-state index in [0.29, 0.717) is 11.1 Å². The molecule has 1 N–H and O–H groups in total. The van der Waals surface area contributed by atoms with Crippen molar-refractivity contribution in [2.24, 2.45) is 5.10 Å². The number of halogens is 1. The second-order valence-corrected chi connectivity index (χ2v) is 5.58. The highest BCUT2D eigenvalue weighted by Crippen LogP contribution is 2.20. The molecule has 0 radical (unpaired) electrons. The highest BCUT2D eigenvalue weighted by Gasteiger charge is 2.11. The molecule has 0 aliphatic rings. The zero-order valence-electron chi connectivity index (χ0n) is 13.4. The van der Waals surface area contributed by atoms with E-state index in [0.717, 1.165) is 22.2 Å². The van der Waals surface area contributed by atoms with Gasteiger partial charge in [-0.3, -0.25) is 9.78 Å². The first-order chi connectivity index (χ1) is 11.5. The number of carbonyl (C=O) groups is 1. The SMILES string of the molecule is Cc1ccc2nc(C)cc(C(=O)NN=Cc3ccc(F)cc3)c2c1. The summed E-state index contributed by atoms with van der Waals surface area (Å²) in [5.41, 5.74) is 6.32. The molecule has 3 rings (SSSR count). The van der Waals surface area contributed by atoms with Crippen molar-refractivity contribution >= 4 is 23.0 Å². The number of carbonyl (C=O) groups excluding carboxylic acids is 1. The first-order valence-electron chi connectivity index (χ1n) is 7.50. The molecule has 0 unspecified atom stereocenters. The number of pyridine rings is 1. The molecule has 0 atom stereocenters. The highest BCUT2D eigenvalue weighted by atomic mass is 19.1. The minimum Gasteiger partial charge on any atom is -0.267 e. The number of hydrazone groups is 1. The van der Waals surface area contributed by atoms with Gasteiger partial charge in [0.2, 0.25) is 0 Å². The number of hydrogen-bond donors (Lipinski definition) is 1. The number of nitrogens with zero attached hydrogens (tertiary/aromatic N) is 2. The zero-order valence-corrected chi connectivity index (χ0v) is 13.4. The van der Waals surface area contributed by atoms with Crippen molar-refractivity contribution in [1.29, 1.82) is 0 Å². The Morgan fingerprint density at radius 3 is 2.62 bits per heavy atom. The Kier molecular flexibility index (Phi) is 4.33. The van der Waals surface area contributed by atoms with Gasteiger partial charge in [0.05, 0.1) is 17.3 Å². The molecule has 1 amide bonds. The molecule has 1 heterocycles. The number of benzene rings is 2. The van der Waals surface area contributed by atoms with Crippen LogP contribution in [0.2, 0.25) is 0 Å². The first-order valence-corrected chi connectivity index (χ1v) is 7.50. The number of aromatic nitrogens is 1. The molecule has 3 aromatic rings. The van der Waals surface area contributed by atoms with Crippen LogP contribution in [0.5, 0.6) is 0 Å². The van der Waals surface area contributed by atoms with Gasteiger partial charge in [-0.1, -0.05) is 23.8 Å². The molecule has 0 bridgehead atoms. The van der Waals surface area contributed by atoms with E-state index in [1.165, 1.54) is 18.3 Å². The van der Waals surface area contributed by atoms with Gasteiger partial charge >= 0.3 is 0 Å². The highest BCUT2D eigenvalue weighted by molar-refractivity contribution is 6.06. The summed E-state index contributed by atoms with van der Waals surface area (Å²) in [6.45, 7) is 3.81. The van der Waals surface area contributed by atoms with Gasteiger partial charge in [0.25, 0.3) is 5.91 Å². The van der Waals surface area contributed by atoms with Crippen LogP contribution in [0, 0.1) is 19.7 Å². The minimum atomic E-state index is -0.315. The quantitative estimate of drug-likeness (QED) is 0.590. The predicted octanol–water partition coefficient (Wildman–Crippen LogP) is 3.75. The molecule has 0 aliphatic carbocycles. The van der Waals surface area contributed by atoms with Gasteiger partial charge in [0.15, 0.2) is 0 Å². The molecule has 0 spiro atoms. The molecule has 120 valence electrons. The van der Waals surface area contributed by atoms with Crippen LogP contribution < -0.4 is 5.43 Å². The summed E-state index contributed by atoms with van der Waals surface area (Å²) in [6.07, 6.45) is 1.47. The van der Waals surface area contributed by atoms with E-state index in [2.05, 4.69) is 15.5 Å². The molecular formula is C19H16FN3O. The third kappa shape index (κ3) is 3.46. The number of fused-ring (bicyclic) bond motifs is 1. The van der Waals surface area contributed by atoms with Crippen molar-refractivity contribution in [2.45, 2.75) is 13.8 Å². The Hall–Kier alpha value is -3.08. The van der Waals surface area contributed by atoms with Crippen molar-refractivity contribution in [3.05, 3.63) is 76.7 Å². The Balaban J connectivity index is 1.86. The van der Waals surface area contributed by atoms with Crippen molar-refractivity contribution in [3.63, 3.8) is 0 Å². The number of rotatable bonds is 3. The van der Waals surface area contributed by atoms with Crippen LogP contribution in [0.4, 0.5) is 4.39 Å². The summed E-state index contributed by atoms with van der Waals surface area (Å²) in [4.78, 5) is 16.9. The van der Waals surface area contributed by atoms with Gasteiger partial charge in [-0.15, -0.1) is 0 Å². The zero-order chi connectivity index (χ0) is 17.1. The van der Waals surface area contributed by atoms with Gasteiger partial charge in [0, 0.05) is 11.1 Å². The molecule has 2 aromatic carbocycles. The summed E-state index contributed by atoms with van der Waals surface area (Å²) < 4.78 is 12.9. The maximum Gasteiger partial charge on any atom is 0.272 e. The average Bonchev–Trinajstić information content (AvgIpc) is 2.56. The maximum absolute atomic E-state index is 12.9. The van der Waals surface area contributed by atoms with Gasteiger partial charge in [-0.25, -0.2) is 9.82 Å². The fourth-order valence-electron chi connectivity index (χ4n) is 2.43. The van der Waals surface area contributed by atoms with Crippen LogP contribution >= 0.6 is 0 Å². The van der Waals surface area contributed by atoms with Crippen LogP contribution in [-0.4, -0.2) is 17.1 Å². The number of nitrogens with one attached hydrogen (secondary N) is 1. The summed E-state index contributed by atoms with van der Waals surface area (Å²) in [5, 5.41) is 4.73. The summed E-state index contributed by atoms with van der Waals surface area (Å²) in [6, 6.07) is 13.4. The lowest BCUT2D eigenvalue weighted by molar-refractivity contribution is 0.0956. The molecule has 24 heavy (non-hydrogen) atoms. The number of amides is 1. The summed E-state index contributed by atoms with van der Waals surface area (Å²) >= 11 is 0. The maximum atomic E-state index is 12.9. The largest absolute Gasteiger partial charge is 0.272 e. The monoisotopic (exact) mass is 321 g/mol. The molecule has 4 nitrogen and oxygen atoms in total. The molecule has 0 saturated carbocycles. The van der Waals surface area contributed by atoms with Crippen molar-refractivity contribution in [1.82, 2.24) is 10.4 Å². The molecule has 5 heteroatoms. The fourth-order valence-corrected chi connectivity index (χ4v) is 2.43. The normalized spacial score (nSPS) is 11.1. The van der Waals surface area contributed by atoms with Crippen LogP contribution in [0.3, 0.4) is 0 Å². The van der Waals surface area contributed by atoms with E-state index in [9.17, 15) is 9.18 Å². The standard InChI is InChI=1S/C19H16FN3O/c1-12-3-8-18-16(9-12)17(10-13(2)22-18)19(24)23-21-11-14-4-6-15(20)7-5-14/h3-11H,1-2H3,(H,23,24). The molecule has 0 aliphatic heterocycles. The Bertz CT molecular complexity index is 933. The molecule has 0 saturated heterocycles. The van der Waals surface area contributed by atoms with E-state index in [-0.39, 0.29) is 11.7 Å². The van der Waals surface area contributed by atoms with Crippen LogP contribution in [0.15, 0.2) is 53.6 Å². The summed E-state index contributed by atoms with van der Waals surface area (Å²) in [7, 11) is 0. The number of hydrogen-bond acceptors (Lipinski definition) is 3. The second-order valence-electron chi connectivity index (χ2n) is 5.58. The fraction of sp³-hybridized carbons (Fsp3) is 0.105. The van der Waals surface area contributed by atoms with Gasteiger partial charge in [-0.05, 0) is 49.7 Å². The summed E-state index contributed by atoms with van der Waals surface area (Å²) in [5.74, 6) is -0.625. The third-order valence-corrected chi connectivity index (χ3v) is 3.59. The minimum absolute atomic E-state index is 0.311. The van der Waals surface area contributed by atoms with Crippen molar-refractivity contribution < 1.29 is 9.18 Å². The molecule has 0 fully saturated rings. The third-order valence-electron chi connectivity index (χ3n) is 3.59. The Morgan fingerprint density at radius 2 is 1.88 bits per heavy atom. The van der Waals surface area contributed by atoms with Gasteiger partial charge < -0.3 is 0 Å². The average molecular weight is 321 g/mol. The van der Waals surface area contributed by atoms with E-state index in [1.807, 2.05) is 32.0 Å². The van der Waals surface area contributed by atoms with Crippen LogP contribution in [0.1, 0.15) is 27.2 Å². The van der Waals surface area contributed by atoms with E-state index in [1.54, 1.807) is 18.2 Å². The topological polar surface area (TPSA) is 54.4 Å². The smallest absolute Gasteiger partial charge is 0.267 e. The van der Waals surface area contributed by atoms with Crippen molar-refractivity contribution in [2.75, 3.05) is 0 Å². The van der Waals surface area contributed by atoms with E-state index in [4.69, 9.17) is 0 Å². The van der Waals surface area contributed by atoms with E-state index >= 15 is 0 Å². The van der Waals surface area contributed by atoms with Gasteiger partial charge in [0.1, 0.15) is 5.82 Å².